The number of anilines is 2. The average Bonchev–Trinajstić information content (AvgIpc) is 2.35. The Bertz CT molecular complexity index is 431. The zero-order valence-corrected chi connectivity index (χ0v) is 10.4. The standard InChI is InChI=1S/C13H19N3O/c1-3-15(2)13(17)16-8-4-5-10-9-11(14)6-7-12(10)16/h6-7,9H,3-5,8,14H2,1-2H3. The molecule has 0 atom stereocenters. The van der Waals surface area contributed by atoms with Crippen LogP contribution in [-0.4, -0.2) is 31.1 Å². The first kappa shape index (κ1) is 11.8. The van der Waals surface area contributed by atoms with Gasteiger partial charge in [0.1, 0.15) is 0 Å². The number of amides is 2. The summed E-state index contributed by atoms with van der Waals surface area (Å²) in [6.45, 7) is 3.49. The maximum Gasteiger partial charge on any atom is 0.324 e. The number of fused-ring (bicyclic) bond motifs is 1. The highest BCUT2D eigenvalue weighted by Gasteiger charge is 2.24. The Labute approximate surface area is 102 Å². The highest BCUT2D eigenvalue weighted by Crippen LogP contribution is 2.29. The molecule has 0 bridgehead atoms. The zero-order chi connectivity index (χ0) is 12.4. The molecule has 1 aromatic carbocycles. The molecule has 4 nitrogen and oxygen atoms in total. The van der Waals surface area contributed by atoms with Crippen molar-refractivity contribution in [3.05, 3.63) is 23.8 Å². The molecule has 0 spiro atoms. The van der Waals surface area contributed by atoms with Gasteiger partial charge in [0.15, 0.2) is 0 Å². The largest absolute Gasteiger partial charge is 0.399 e. The van der Waals surface area contributed by atoms with Gasteiger partial charge in [0.05, 0.1) is 0 Å². The monoisotopic (exact) mass is 233 g/mol. The second-order valence-electron chi connectivity index (χ2n) is 4.44. The van der Waals surface area contributed by atoms with E-state index in [1.807, 2.05) is 37.1 Å². The summed E-state index contributed by atoms with van der Waals surface area (Å²) in [7, 11) is 1.83. The first-order valence-corrected chi connectivity index (χ1v) is 6.04. The minimum Gasteiger partial charge on any atom is -0.399 e. The van der Waals surface area contributed by atoms with Gasteiger partial charge in [-0.25, -0.2) is 4.79 Å². The molecule has 0 aliphatic carbocycles. The number of hydrogen-bond acceptors (Lipinski definition) is 2. The Morgan fingerprint density at radius 1 is 1.53 bits per heavy atom. The van der Waals surface area contributed by atoms with E-state index >= 15 is 0 Å². The Hall–Kier alpha value is -1.71. The van der Waals surface area contributed by atoms with Gasteiger partial charge >= 0.3 is 6.03 Å². The maximum atomic E-state index is 12.2. The van der Waals surface area contributed by atoms with E-state index in [4.69, 9.17) is 5.73 Å². The summed E-state index contributed by atoms with van der Waals surface area (Å²) in [4.78, 5) is 15.8. The molecule has 17 heavy (non-hydrogen) atoms. The van der Waals surface area contributed by atoms with E-state index in [0.29, 0.717) is 0 Å². The van der Waals surface area contributed by atoms with Gasteiger partial charge in [-0.1, -0.05) is 0 Å². The number of carbonyl (C=O) groups is 1. The molecule has 2 N–H and O–H groups in total. The first-order chi connectivity index (χ1) is 8.13. The molecule has 92 valence electrons. The second kappa shape index (κ2) is 4.65. The van der Waals surface area contributed by atoms with Crippen LogP contribution in [0.3, 0.4) is 0 Å². The topological polar surface area (TPSA) is 49.6 Å². The molecule has 1 aromatic rings. The minimum absolute atomic E-state index is 0.0678. The summed E-state index contributed by atoms with van der Waals surface area (Å²) in [5.74, 6) is 0. The third-order valence-electron chi connectivity index (χ3n) is 3.25. The summed E-state index contributed by atoms with van der Waals surface area (Å²) in [6, 6.07) is 5.85. The number of rotatable bonds is 1. The number of benzene rings is 1. The fourth-order valence-electron chi connectivity index (χ4n) is 2.16. The van der Waals surface area contributed by atoms with Gasteiger partial charge in [0, 0.05) is 31.5 Å². The molecule has 0 fully saturated rings. The number of aryl methyl sites for hydroxylation is 1. The Kier molecular flexibility index (Phi) is 3.22. The van der Waals surface area contributed by atoms with Crippen molar-refractivity contribution in [3.8, 4) is 0 Å². The summed E-state index contributed by atoms with van der Waals surface area (Å²) < 4.78 is 0. The van der Waals surface area contributed by atoms with Gasteiger partial charge in [-0.3, -0.25) is 4.90 Å². The van der Waals surface area contributed by atoms with Crippen LogP contribution >= 0.6 is 0 Å². The second-order valence-corrected chi connectivity index (χ2v) is 4.44. The molecule has 0 aromatic heterocycles. The quantitative estimate of drug-likeness (QED) is 0.755. The maximum absolute atomic E-state index is 12.2. The fourth-order valence-corrected chi connectivity index (χ4v) is 2.16. The molecule has 0 unspecified atom stereocenters. The minimum atomic E-state index is 0.0678. The van der Waals surface area contributed by atoms with E-state index in [1.165, 1.54) is 5.56 Å². The molecule has 2 amide bonds. The van der Waals surface area contributed by atoms with Crippen molar-refractivity contribution >= 4 is 17.4 Å². The molecule has 1 aliphatic heterocycles. The summed E-state index contributed by atoms with van der Waals surface area (Å²) in [5.41, 5.74) is 8.73. The molecule has 0 saturated carbocycles. The number of nitrogen functional groups attached to an aromatic ring is 1. The van der Waals surface area contributed by atoms with Crippen LogP contribution in [0.1, 0.15) is 18.9 Å². The van der Waals surface area contributed by atoms with E-state index in [9.17, 15) is 4.79 Å². The lowest BCUT2D eigenvalue weighted by molar-refractivity contribution is 0.217. The van der Waals surface area contributed by atoms with E-state index in [-0.39, 0.29) is 6.03 Å². The van der Waals surface area contributed by atoms with Crippen molar-refractivity contribution in [2.75, 3.05) is 30.8 Å². The van der Waals surface area contributed by atoms with Crippen molar-refractivity contribution in [2.24, 2.45) is 0 Å². The molecule has 0 radical (unpaired) electrons. The highest BCUT2D eigenvalue weighted by molar-refractivity contribution is 5.93. The van der Waals surface area contributed by atoms with Gasteiger partial charge in [-0.05, 0) is 43.5 Å². The number of nitrogens with zero attached hydrogens (tertiary/aromatic N) is 2. The predicted molar refractivity (Wildman–Crippen MR) is 70.2 cm³/mol. The third kappa shape index (κ3) is 2.20. The Morgan fingerprint density at radius 2 is 2.29 bits per heavy atom. The predicted octanol–water partition coefficient (Wildman–Crippen LogP) is 2.09. The fraction of sp³-hybridized carbons (Fsp3) is 0.462. The summed E-state index contributed by atoms with van der Waals surface area (Å²) >= 11 is 0. The van der Waals surface area contributed by atoms with Crippen LogP contribution in [0.25, 0.3) is 0 Å². The van der Waals surface area contributed by atoms with Crippen molar-refractivity contribution in [2.45, 2.75) is 19.8 Å². The van der Waals surface area contributed by atoms with Crippen LogP contribution < -0.4 is 10.6 Å². The SMILES string of the molecule is CCN(C)C(=O)N1CCCc2cc(N)ccc21. The molecule has 4 heteroatoms. The van der Waals surface area contributed by atoms with Crippen molar-refractivity contribution in [1.29, 1.82) is 0 Å². The van der Waals surface area contributed by atoms with E-state index in [2.05, 4.69) is 0 Å². The lowest BCUT2D eigenvalue weighted by Crippen LogP contribution is -2.43. The Balaban J connectivity index is 2.31. The van der Waals surface area contributed by atoms with Crippen LogP contribution in [0, 0.1) is 0 Å². The molecule has 2 rings (SSSR count). The molecular weight excluding hydrogens is 214 g/mol. The van der Waals surface area contributed by atoms with Crippen molar-refractivity contribution < 1.29 is 4.79 Å². The van der Waals surface area contributed by atoms with Crippen LogP contribution in [0.15, 0.2) is 18.2 Å². The zero-order valence-electron chi connectivity index (χ0n) is 10.4. The van der Waals surface area contributed by atoms with Gasteiger partial charge in [0.25, 0.3) is 0 Å². The van der Waals surface area contributed by atoms with E-state index in [1.54, 1.807) is 4.90 Å². The van der Waals surface area contributed by atoms with E-state index < -0.39 is 0 Å². The average molecular weight is 233 g/mol. The summed E-state index contributed by atoms with van der Waals surface area (Å²) in [6.07, 6.45) is 2.00. The van der Waals surface area contributed by atoms with Gasteiger partial charge in [-0.15, -0.1) is 0 Å². The lowest BCUT2D eigenvalue weighted by Gasteiger charge is -2.32. The third-order valence-corrected chi connectivity index (χ3v) is 3.25. The van der Waals surface area contributed by atoms with Gasteiger partial charge < -0.3 is 10.6 Å². The van der Waals surface area contributed by atoms with Crippen molar-refractivity contribution in [3.63, 3.8) is 0 Å². The summed E-state index contributed by atoms with van der Waals surface area (Å²) in [5, 5.41) is 0. The number of carbonyl (C=O) groups excluding carboxylic acids is 1. The normalized spacial score (nSPS) is 14.4. The lowest BCUT2D eigenvalue weighted by atomic mass is 10.0. The number of hydrogen-bond donors (Lipinski definition) is 1. The van der Waals surface area contributed by atoms with Crippen LogP contribution in [0.2, 0.25) is 0 Å². The molecule has 1 aliphatic rings. The van der Waals surface area contributed by atoms with Crippen LogP contribution in [0.5, 0.6) is 0 Å². The first-order valence-electron chi connectivity index (χ1n) is 6.04. The highest BCUT2D eigenvalue weighted by atomic mass is 16.2. The van der Waals surface area contributed by atoms with Gasteiger partial charge in [0.2, 0.25) is 0 Å². The number of nitrogens with two attached hydrogens (primary N) is 1. The van der Waals surface area contributed by atoms with Crippen LogP contribution in [-0.2, 0) is 6.42 Å². The van der Waals surface area contributed by atoms with Crippen LogP contribution in [0.4, 0.5) is 16.2 Å². The van der Waals surface area contributed by atoms with Crippen molar-refractivity contribution in [1.82, 2.24) is 4.90 Å². The van der Waals surface area contributed by atoms with Gasteiger partial charge in [-0.2, -0.15) is 0 Å². The molecule has 1 heterocycles. The Morgan fingerprint density at radius 3 is 3.00 bits per heavy atom. The number of urea groups is 1. The smallest absolute Gasteiger partial charge is 0.324 e. The van der Waals surface area contributed by atoms with E-state index in [0.717, 1.165) is 37.3 Å². The molecular formula is C13H19N3O. The molecule has 0 saturated heterocycles.